The number of benzene rings is 2. The van der Waals surface area contributed by atoms with Gasteiger partial charge in [-0.3, -0.25) is 14.3 Å². The fraction of sp³-hybridized carbons (Fsp3) is 0.455. The predicted molar refractivity (Wildman–Crippen MR) is 144 cm³/mol. The van der Waals surface area contributed by atoms with Gasteiger partial charge in [0.15, 0.2) is 0 Å². The second-order valence-electron chi connectivity index (χ2n) is 8.81. The minimum absolute atomic E-state index is 0.103. The maximum atomic E-state index is 12.5. The van der Waals surface area contributed by atoms with Gasteiger partial charge < -0.3 is 43.8 Å². The first-order valence-electron chi connectivity index (χ1n) is 12.2. The number of rotatable bonds is 16. The topological polar surface area (TPSA) is 250 Å². The predicted octanol–water partition coefficient (Wildman–Crippen LogP) is 2.45. The van der Waals surface area contributed by atoms with Crippen molar-refractivity contribution in [3.8, 4) is 11.5 Å². The minimum Gasteiger partial charge on any atom is -0.497 e. The Balaban J connectivity index is 1.57. The van der Waals surface area contributed by atoms with Gasteiger partial charge in [-0.15, -0.1) is 0 Å². The maximum Gasteiger partial charge on any atom is 0.490 e. The summed E-state index contributed by atoms with van der Waals surface area (Å²) in [6, 6.07) is 12.0. The lowest BCUT2D eigenvalue weighted by atomic mass is 10.1. The van der Waals surface area contributed by atoms with E-state index < -0.39 is 60.8 Å². The minimum atomic E-state index is -5.82. The van der Waals surface area contributed by atoms with Crippen LogP contribution < -0.4 is 14.5 Å². The summed E-state index contributed by atoms with van der Waals surface area (Å²) in [5, 5.41) is 31.2. The number of hydrogen-bond donors (Lipinski definition) is 6. The van der Waals surface area contributed by atoms with Crippen LogP contribution in [0.15, 0.2) is 48.5 Å². The van der Waals surface area contributed by atoms with Crippen molar-refractivity contribution in [2.24, 2.45) is 0 Å². The molecule has 0 bridgehead atoms. The van der Waals surface area contributed by atoms with Gasteiger partial charge in [0.2, 0.25) is 6.29 Å². The van der Waals surface area contributed by atoms with Crippen LogP contribution in [-0.4, -0.2) is 82.3 Å². The van der Waals surface area contributed by atoms with E-state index in [-0.39, 0.29) is 23.7 Å². The van der Waals surface area contributed by atoms with E-state index >= 15 is 0 Å². The molecule has 6 N–H and O–H groups in total. The molecule has 0 aliphatic carbocycles. The van der Waals surface area contributed by atoms with Crippen LogP contribution in [0.1, 0.15) is 18.6 Å². The summed E-state index contributed by atoms with van der Waals surface area (Å²) in [4.78, 5) is 29.8. The monoisotopic (exact) mass is 675 g/mol. The molecule has 4 unspecified atom stereocenters. The van der Waals surface area contributed by atoms with Crippen molar-refractivity contribution in [2.75, 3.05) is 32.6 Å². The van der Waals surface area contributed by atoms with Crippen LogP contribution in [-0.2, 0) is 40.8 Å². The van der Waals surface area contributed by atoms with Gasteiger partial charge in [-0.2, -0.15) is 8.62 Å². The number of anilines is 1. The van der Waals surface area contributed by atoms with Gasteiger partial charge in [-0.25, -0.2) is 18.8 Å². The average Bonchev–Trinajstić information content (AvgIpc) is 3.18. The van der Waals surface area contributed by atoms with Crippen molar-refractivity contribution in [3.05, 3.63) is 54.1 Å². The van der Waals surface area contributed by atoms with Gasteiger partial charge in [-0.05, 0) is 37.3 Å². The van der Waals surface area contributed by atoms with E-state index in [2.05, 4.69) is 13.1 Å². The molecule has 21 heteroatoms. The van der Waals surface area contributed by atoms with Crippen molar-refractivity contribution in [1.29, 1.82) is 0 Å². The van der Waals surface area contributed by atoms with Crippen molar-refractivity contribution in [3.63, 3.8) is 0 Å². The Bertz CT molecular complexity index is 1350. The van der Waals surface area contributed by atoms with Gasteiger partial charge in [0.25, 0.3) is 0 Å². The Morgan fingerprint density at radius 3 is 2.12 bits per heavy atom. The van der Waals surface area contributed by atoms with Crippen molar-refractivity contribution < 1.29 is 80.4 Å². The van der Waals surface area contributed by atoms with Gasteiger partial charge in [0.05, 0.1) is 25.5 Å². The summed E-state index contributed by atoms with van der Waals surface area (Å²) >= 11 is 0. The smallest absolute Gasteiger partial charge is 0.490 e. The third-order valence-corrected chi connectivity index (χ3v) is 10.0. The van der Waals surface area contributed by atoms with Crippen molar-refractivity contribution in [1.82, 2.24) is 0 Å². The molecule has 8 atom stereocenters. The van der Waals surface area contributed by atoms with Crippen LogP contribution in [0.3, 0.4) is 0 Å². The molecule has 1 aliphatic heterocycles. The van der Waals surface area contributed by atoms with Crippen LogP contribution >= 0.6 is 23.5 Å². The number of methoxy groups -OCH3 is 2. The van der Waals surface area contributed by atoms with Crippen LogP contribution in [0.4, 0.5) is 5.69 Å². The highest BCUT2D eigenvalue weighted by Crippen LogP contribution is 2.68. The average molecular weight is 675 g/mol. The molecule has 0 radical (unpaired) electrons. The molecular formula is C22H32NO17P3. The molecule has 0 saturated carbocycles. The molecule has 2 aromatic rings. The molecule has 0 spiro atoms. The number of nitrogens with zero attached hydrogens (tertiary/aromatic N) is 1. The lowest BCUT2D eigenvalue weighted by Gasteiger charge is -2.24. The first-order valence-corrected chi connectivity index (χ1v) is 16.7. The Morgan fingerprint density at radius 2 is 1.49 bits per heavy atom. The van der Waals surface area contributed by atoms with Gasteiger partial charge in [-0.1, -0.05) is 18.2 Å². The van der Waals surface area contributed by atoms with E-state index in [0.29, 0.717) is 10.8 Å². The largest absolute Gasteiger partial charge is 0.497 e. The van der Waals surface area contributed by atoms with Crippen LogP contribution in [0.25, 0.3) is 0 Å². The zero-order chi connectivity index (χ0) is 32.0. The summed E-state index contributed by atoms with van der Waals surface area (Å²) in [5.41, 5.74) is 0.239. The fourth-order valence-electron chi connectivity index (χ4n) is 3.74. The molecule has 3 rings (SSSR count). The van der Waals surface area contributed by atoms with Crippen molar-refractivity contribution >= 4 is 29.2 Å². The SMILES string of the molecule is COCN(O)c1ccccc1C(C)OP(=O)(O)OP(=O)(O)OP(=O)(O)OC[C@H]1O[C@@H](Oc2ccc(OC)cc2)[C@H](O)[C@@H]1O. The van der Waals surface area contributed by atoms with Crippen LogP contribution in [0.2, 0.25) is 0 Å². The van der Waals surface area contributed by atoms with E-state index in [0.717, 1.165) is 0 Å². The number of phosphoric acid groups is 3. The number of hydroxylamine groups is 1. The molecule has 18 nitrogen and oxygen atoms in total. The van der Waals surface area contributed by atoms with E-state index in [1.807, 2.05) is 0 Å². The number of para-hydroxylation sites is 1. The zero-order valence-electron chi connectivity index (χ0n) is 22.9. The first kappa shape index (κ1) is 35.5. The summed E-state index contributed by atoms with van der Waals surface area (Å²) in [5.74, 6) is 0.751. The normalized spacial score (nSPS) is 25.2. The maximum absolute atomic E-state index is 12.5. The molecule has 1 heterocycles. The third-order valence-electron chi connectivity index (χ3n) is 5.64. The molecule has 2 aromatic carbocycles. The summed E-state index contributed by atoms with van der Waals surface area (Å²) in [6.45, 7) is 0.0112. The Hall–Kier alpha value is -1.95. The number of aliphatic hydroxyl groups excluding tert-OH is 2. The molecule has 242 valence electrons. The number of hydrogen-bond acceptors (Lipinski definition) is 15. The quantitative estimate of drug-likeness (QED) is 0.0849. The number of aliphatic hydroxyl groups is 2. The molecule has 43 heavy (non-hydrogen) atoms. The van der Waals surface area contributed by atoms with E-state index in [1.165, 1.54) is 51.5 Å². The molecular weight excluding hydrogens is 643 g/mol. The van der Waals surface area contributed by atoms with E-state index in [4.69, 9.17) is 23.5 Å². The molecule has 0 aromatic heterocycles. The summed E-state index contributed by atoms with van der Waals surface area (Å²) in [7, 11) is -14.0. The van der Waals surface area contributed by atoms with Crippen LogP contribution in [0.5, 0.6) is 11.5 Å². The standard InChI is InChI=1S/C22H32NO17P3/c1-14(17-6-4-5-7-18(17)23(26)13-33-2)38-42(29,30)40-43(31,32)39-41(27,28)35-12-19-20(24)21(25)22(37-19)36-16-10-8-15(34-3)9-11-16/h4-11,14,19-22,24-26H,12-13H2,1-3H3,(H,27,28)(H,29,30)(H,31,32)/t14?,19-,20-,21-,22-/m1/s1. The Morgan fingerprint density at radius 1 is 0.884 bits per heavy atom. The third kappa shape index (κ3) is 10.3. The molecule has 1 fully saturated rings. The summed E-state index contributed by atoms with van der Waals surface area (Å²) < 4.78 is 75.3. The highest BCUT2D eigenvalue weighted by atomic mass is 31.3. The van der Waals surface area contributed by atoms with Crippen LogP contribution in [0, 0.1) is 0 Å². The highest BCUT2D eigenvalue weighted by molar-refractivity contribution is 7.66. The second kappa shape index (κ2) is 14.9. The first-order chi connectivity index (χ1) is 20.1. The lowest BCUT2D eigenvalue weighted by molar-refractivity contribution is -0.115. The number of ether oxygens (including phenoxy) is 4. The fourth-order valence-corrected chi connectivity index (χ4v) is 7.40. The van der Waals surface area contributed by atoms with E-state index in [1.54, 1.807) is 18.2 Å². The summed E-state index contributed by atoms with van der Waals surface area (Å²) in [6.07, 6.45) is -7.55. The highest BCUT2D eigenvalue weighted by Gasteiger charge is 2.47. The second-order valence-corrected chi connectivity index (χ2v) is 13.4. The van der Waals surface area contributed by atoms with Gasteiger partial charge >= 0.3 is 23.5 Å². The Kier molecular flexibility index (Phi) is 12.3. The Labute approximate surface area is 245 Å². The van der Waals surface area contributed by atoms with Crippen molar-refractivity contribution in [2.45, 2.75) is 37.6 Å². The number of phosphoric ester groups is 2. The van der Waals surface area contributed by atoms with Gasteiger partial charge in [0, 0.05) is 12.7 Å². The van der Waals surface area contributed by atoms with E-state index in [9.17, 15) is 43.8 Å². The molecule has 0 amide bonds. The lowest BCUT2D eigenvalue weighted by Crippen LogP contribution is -2.35. The van der Waals surface area contributed by atoms with Gasteiger partial charge in [0.1, 0.15) is 36.5 Å². The molecule has 1 aliphatic rings. The molecule has 1 saturated heterocycles. The zero-order valence-corrected chi connectivity index (χ0v) is 25.6.